The number of aromatic nitrogens is 2. The molecule has 3 aliphatic heterocycles. The highest BCUT2D eigenvalue weighted by molar-refractivity contribution is 6.11. The predicted molar refractivity (Wildman–Crippen MR) is 174 cm³/mol. The molecule has 2 aromatic heterocycles. The average molecular weight is 553 g/mol. The van der Waals surface area contributed by atoms with Crippen LogP contribution in [0.15, 0.2) is 133 Å². The summed E-state index contributed by atoms with van der Waals surface area (Å²) in [5.74, 6) is -0.641. The molecule has 0 unspecified atom stereocenters. The van der Waals surface area contributed by atoms with Crippen molar-refractivity contribution in [2.24, 2.45) is 0 Å². The summed E-state index contributed by atoms with van der Waals surface area (Å²) in [6.45, 7) is 0. The van der Waals surface area contributed by atoms with Crippen molar-refractivity contribution in [3.63, 3.8) is 0 Å². The first-order chi connectivity index (χ1) is 21.2. The first-order valence-electron chi connectivity index (χ1n) is 14.9. The third kappa shape index (κ3) is 2.59. The minimum atomic E-state index is -0.641. The largest absolute Gasteiger partial charge is 0.545 e. The third-order valence-electron chi connectivity index (χ3n) is 9.97. The molecular formula is C39H28N4+2. The Balaban J connectivity index is 1.50. The summed E-state index contributed by atoms with van der Waals surface area (Å²) in [7, 11) is 4.52. The van der Waals surface area contributed by atoms with Gasteiger partial charge in [0.15, 0.2) is 0 Å². The van der Waals surface area contributed by atoms with Crippen molar-refractivity contribution in [3.05, 3.63) is 133 Å². The zero-order chi connectivity index (χ0) is 28.4. The van der Waals surface area contributed by atoms with Crippen LogP contribution < -0.4 is 18.9 Å². The van der Waals surface area contributed by atoms with Crippen LogP contribution in [0.3, 0.4) is 0 Å². The van der Waals surface area contributed by atoms with E-state index in [0.29, 0.717) is 0 Å². The Labute approximate surface area is 249 Å². The van der Waals surface area contributed by atoms with Crippen LogP contribution in [0.1, 0.15) is 0 Å². The van der Waals surface area contributed by atoms with Gasteiger partial charge in [0.2, 0.25) is 11.4 Å². The van der Waals surface area contributed by atoms with Crippen LogP contribution >= 0.6 is 0 Å². The van der Waals surface area contributed by atoms with Gasteiger partial charge < -0.3 is 0 Å². The lowest BCUT2D eigenvalue weighted by Gasteiger charge is -2.43. The highest BCUT2D eigenvalue weighted by Gasteiger charge is 2.72. The number of hydrogen-bond donors (Lipinski definition) is 0. The number of nitrogens with zero attached hydrogens (tertiary/aromatic N) is 4. The van der Waals surface area contributed by atoms with E-state index < -0.39 is 5.91 Å². The highest BCUT2D eigenvalue weighted by Crippen LogP contribution is 2.51. The van der Waals surface area contributed by atoms with Crippen molar-refractivity contribution in [1.29, 1.82) is 0 Å². The molecule has 0 N–H and O–H groups in total. The summed E-state index contributed by atoms with van der Waals surface area (Å²) >= 11 is 0. The Morgan fingerprint density at radius 3 is 1.28 bits per heavy atom. The standard InChI is InChI=1S/C39H28N4/c1-40-33-19-11-9-17-29(33)35-23-31(25-13-5-3-6-14-25)27-21-22-28-32(26-15-7-4-8-16-26)24-36-30-18-10-12-20-34(30)41(2)39(40)42(35)37(27)38(28)43(36)39/h3-24H,1-2H3/q+2. The van der Waals surface area contributed by atoms with Crippen LogP contribution in [0.4, 0.5) is 11.4 Å². The highest BCUT2D eigenvalue weighted by atomic mass is 15.7. The summed E-state index contributed by atoms with van der Waals surface area (Å²) in [6, 6.07) is 49.0. The number of anilines is 2. The van der Waals surface area contributed by atoms with Gasteiger partial charge in [0.1, 0.15) is 0 Å². The van der Waals surface area contributed by atoms with Crippen LogP contribution in [0.25, 0.3) is 66.6 Å². The van der Waals surface area contributed by atoms with Gasteiger partial charge in [-0.1, -0.05) is 94.1 Å². The normalized spacial score (nSPS) is 14.8. The monoisotopic (exact) mass is 552 g/mol. The van der Waals surface area contributed by atoms with Crippen molar-refractivity contribution in [3.8, 4) is 44.8 Å². The lowest BCUT2D eigenvalue weighted by Crippen LogP contribution is -2.87. The Morgan fingerprint density at radius 1 is 0.442 bits per heavy atom. The van der Waals surface area contributed by atoms with Crippen LogP contribution in [-0.2, 0) is 5.91 Å². The molecule has 0 aliphatic carbocycles. The molecule has 4 nitrogen and oxygen atoms in total. The SMILES string of the molecule is CN1c2ccccc2-c2cc(-c3ccccc3)c3ccc4c(-c5ccccc5)cc5[n+]6c4c3[n+]2C16N(C)c1ccccc1-5. The number of benzene rings is 5. The number of hydrogen-bond acceptors (Lipinski definition) is 2. The van der Waals surface area contributed by atoms with Gasteiger partial charge in [-0.05, 0) is 47.5 Å². The van der Waals surface area contributed by atoms with E-state index in [9.17, 15) is 0 Å². The van der Waals surface area contributed by atoms with E-state index in [1.165, 1.54) is 77.9 Å². The van der Waals surface area contributed by atoms with E-state index in [1.807, 2.05) is 0 Å². The third-order valence-corrected chi connectivity index (χ3v) is 9.97. The van der Waals surface area contributed by atoms with Gasteiger partial charge in [-0.25, -0.2) is 9.80 Å². The maximum atomic E-state index is 2.62. The average Bonchev–Trinajstić information content (AvgIpc) is 3.41. The van der Waals surface area contributed by atoms with Crippen LogP contribution in [0, 0.1) is 0 Å². The summed E-state index contributed by atoms with van der Waals surface area (Å²) in [5.41, 5.74) is 14.9. The van der Waals surface area contributed by atoms with E-state index in [0.717, 1.165) is 0 Å². The maximum absolute atomic E-state index is 2.62. The smallest absolute Gasteiger partial charge is 0.233 e. The molecule has 43 heavy (non-hydrogen) atoms. The Morgan fingerprint density at radius 2 is 0.837 bits per heavy atom. The molecule has 4 heteroatoms. The predicted octanol–water partition coefficient (Wildman–Crippen LogP) is 7.57. The zero-order valence-corrected chi connectivity index (χ0v) is 24.0. The van der Waals surface area contributed by atoms with Gasteiger partial charge in [-0.3, -0.25) is 0 Å². The van der Waals surface area contributed by atoms with Gasteiger partial charge >= 0.3 is 5.91 Å². The molecule has 202 valence electrons. The van der Waals surface area contributed by atoms with Crippen LogP contribution in [0.5, 0.6) is 0 Å². The second kappa shape index (κ2) is 7.87. The molecule has 0 saturated carbocycles. The topological polar surface area (TPSA) is 14.2 Å². The fraction of sp³-hybridized carbons (Fsp3) is 0.0769. The first-order valence-corrected chi connectivity index (χ1v) is 14.9. The quantitative estimate of drug-likeness (QED) is 0.162. The molecule has 5 heterocycles. The van der Waals surface area contributed by atoms with Crippen LogP contribution in [-0.4, -0.2) is 14.1 Å². The fourth-order valence-electron chi connectivity index (χ4n) is 8.21. The molecule has 0 saturated heterocycles. The van der Waals surface area contributed by atoms with E-state index in [1.54, 1.807) is 0 Å². The van der Waals surface area contributed by atoms with E-state index in [-0.39, 0.29) is 0 Å². The maximum Gasteiger partial charge on any atom is 0.545 e. The summed E-state index contributed by atoms with van der Waals surface area (Å²) in [4.78, 5) is 4.97. The molecule has 0 amide bonds. The fourth-order valence-corrected chi connectivity index (χ4v) is 8.21. The number of fused-ring (bicyclic) bond motifs is 4. The van der Waals surface area contributed by atoms with E-state index in [2.05, 4.69) is 166 Å². The summed E-state index contributed by atoms with van der Waals surface area (Å²) < 4.78 is 5.24. The molecular weight excluding hydrogens is 524 g/mol. The molecule has 0 bridgehead atoms. The van der Waals surface area contributed by atoms with Gasteiger partial charge in [0, 0.05) is 37.4 Å². The first kappa shape index (κ1) is 23.1. The van der Waals surface area contributed by atoms with E-state index >= 15 is 0 Å². The molecule has 10 rings (SSSR count). The Kier molecular flexibility index (Phi) is 4.23. The number of para-hydroxylation sites is 2. The van der Waals surface area contributed by atoms with Gasteiger partial charge in [-0.15, -0.1) is 0 Å². The minimum Gasteiger partial charge on any atom is -0.233 e. The van der Waals surface area contributed by atoms with Gasteiger partial charge in [0.25, 0.3) is 11.0 Å². The van der Waals surface area contributed by atoms with E-state index in [4.69, 9.17) is 0 Å². The molecule has 3 aliphatic rings. The van der Waals surface area contributed by atoms with Crippen molar-refractivity contribution in [2.75, 3.05) is 23.9 Å². The van der Waals surface area contributed by atoms with Crippen molar-refractivity contribution in [2.45, 2.75) is 5.91 Å². The molecule has 1 spiro atoms. The van der Waals surface area contributed by atoms with Gasteiger partial charge in [-0.2, -0.15) is 0 Å². The molecule has 0 radical (unpaired) electrons. The van der Waals surface area contributed by atoms with Crippen molar-refractivity contribution in [1.82, 2.24) is 0 Å². The zero-order valence-electron chi connectivity index (χ0n) is 24.0. The van der Waals surface area contributed by atoms with Crippen LogP contribution in [0.2, 0.25) is 0 Å². The number of rotatable bonds is 2. The van der Waals surface area contributed by atoms with Crippen molar-refractivity contribution < 1.29 is 9.13 Å². The Bertz CT molecular complexity index is 2160. The lowest BCUT2D eigenvalue weighted by molar-refractivity contribution is -0.948. The van der Waals surface area contributed by atoms with Crippen molar-refractivity contribution >= 4 is 33.2 Å². The molecule has 0 atom stereocenters. The second-order valence-corrected chi connectivity index (χ2v) is 11.9. The summed E-state index contributed by atoms with van der Waals surface area (Å²) in [6.07, 6.45) is 0. The number of pyridine rings is 2. The lowest BCUT2D eigenvalue weighted by atomic mass is 9.93. The molecule has 0 fully saturated rings. The second-order valence-electron chi connectivity index (χ2n) is 11.9. The molecule has 7 aromatic rings. The Hall–Kier alpha value is -5.48. The van der Waals surface area contributed by atoms with Gasteiger partial charge in [0.05, 0.1) is 33.3 Å². The summed E-state index contributed by atoms with van der Waals surface area (Å²) in [5, 5.41) is 2.53. The molecule has 5 aromatic carbocycles. The minimum absolute atomic E-state index is 0.641.